The lowest BCUT2D eigenvalue weighted by Crippen LogP contribution is -2.21. The fraction of sp³-hybridized carbons (Fsp3) is 0.192. The van der Waals surface area contributed by atoms with Crippen molar-refractivity contribution in [2.45, 2.75) is 26.0 Å². The lowest BCUT2D eigenvalue weighted by molar-refractivity contribution is 0.155. The van der Waals surface area contributed by atoms with Gasteiger partial charge in [-0.2, -0.15) is 0 Å². The first-order chi connectivity index (χ1) is 17.0. The Morgan fingerprint density at radius 1 is 1.00 bits per heavy atom. The van der Waals surface area contributed by atoms with Gasteiger partial charge in [0.05, 0.1) is 28.9 Å². The molecule has 0 spiro atoms. The Hall–Kier alpha value is -3.55. The van der Waals surface area contributed by atoms with Gasteiger partial charge in [-0.3, -0.25) is 14.7 Å². The highest BCUT2D eigenvalue weighted by Gasteiger charge is 2.09. The molecule has 0 bridgehead atoms. The number of carbonyl (C=O) groups excluding carboxylic acids is 1. The van der Waals surface area contributed by atoms with E-state index in [-0.39, 0.29) is 12.2 Å². The van der Waals surface area contributed by atoms with Gasteiger partial charge in [0, 0.05) is 23.3 Å². The average molecular weight is 512 g/mol. The third kappa shape index (κ3) is 6.74. The Morgan fingerprint density at radius 2 is 1.83 bits per heavy atom. The van der Waals surface area contributed by atoms with Crippen LogP contribution in [0.4, 0.5) is 10.5 Å². The third-order valence-corrected chi connectivity index (χ3v) is 5.77. The lowest BCUT2D eigenvalue weighted by Gasteiger charge is -2.10. The number of anilines is 1. The van der Waals surface area contributed by atoms with E-state index in [9.17, 15) is 9.59 Å². The monoisotopic (exact) mass is 511 g/mol. The number of aryl methyl sites for hydroxylation is 1. The molecular weight excluding hydrogens is 489 g/mol. The van der Waals surface area contributed by atoms with Crippen LogP contribution < -0.4 is 15.6 Å². The Bertz CT molecular complexity index is 1380. The van der Waals surface area contributed by atoms with Gasteiger partial charge < -0.3 is 9.47 Å². The first-order valence-electron chi connectivity index (χ1n) is 11.0. The van der Waals surface area contributed by atoms with Gasteiger partial charge in [0.1, 0.15) is 12.4 Å². The maximum absolute atomic E-state index is 13.0. The minimum Gasteiger partial charge on any atom is -0.492 e. The molecule has 3 aromatic carbocycles. The van der Waals surface area contributed by atoms with Crippen LogP contribution in [0.1, 0.15) is 18.4 Å². The second-order valence-corrected chi connectivity index (χ2v) is 8.64. The van der Waals surface area contributed by atoms with Gasteiger partial charge in [0.2, 0.25) is 0 Å². The predicted octanol–water partition coefficient (Wildman–Crippen LogP) is 6.31. The number of halogens is 2. The van der Waals surface area contributed by atoms with Crippen LogP contribution in [0.2, 0.25) is 10.0 Å². The molecule has 0 aliphatic carbocycles. The van der Waals surface area contributed by atoms with Gasteiger partial charge in [-0.25, -0.2) is 9.78 Å². The summed E-state index contributed by atoms with van der Waals surface area (Å²) < 4.78 is 12.5. The maximum atomic E-state index is 13.0. The van der Waals surface area contributed by atoms with Gasteiger partial charge in [-0.05, 0) is 48.7 Å². The zero-order valence-corrected chi connectivity index (χ0v) is 20.3. The first kappa shape index (κ1) is 24.6. The Balaban J connectivity index is 1.33. The summed E-state index contributed by atoms with van der Waals surface area (Å²) in [5.74, 6) is 0.533. The number of carbonyl (C=O) groups is 1. The zero-order valence-electron chi connectivity index (χ0n) is 18.7. The minimum atomic E-state index is -0.600. The smallest absolute Gasteiger partial charge is 0.411 e. The fourth-order valence-electron chi connectivity index (χ4n) is 3.43. The molecule has 35 heavy (non-hydrogen) atoms. The molecule has 180 valence electrons. The summed E-state index contributed by atoms with van der Waals surface area (Å²) in [4.78, 5) is 29.5. The van der Waals surface area contributed by atoms with Gasteiger partial charge in [-0.15, -0.1) is 0 Å². The summed E-state index contributed by atoms with van der Waals surface area (Å²) in [5.41, 5.74) is 1.71. The molecule has 1 heterocycles. The third-order valence-electron chi connectivity index (χ3n) is 5.23. The summed E-state index contributed by atoms with van der Waals surface area (Å²) >= 11 is 12.1. The van der Waals surface area contributed by atoms with Crippen molar-refractivity contribution in [1.82, 2.24) is 9.55 Å². The summed E-state index contributed by atoms with van der Waals surface area (Å²) in [7, 11) is 0. The topological polar surface area (TPSA) is 82.5 Å². The first-order valence-corrected chi connectivity index (χ1v) is 11.8. The van der Waals surface area contributed by atoms with Crippen molar-refractivity contribution in [3.8, 4) is 5.75 Å². The van der Waals surface area contributed by atoms with Crippen molar-refractivity contribution < 1.29 is 14.3 Å². The molecule has 0 saturated carbocycles. The highest BCUT2D eigenvalue weighted by molar-refractivity contribution is 6.34. The van der Waals surface area contributed by atoms with E-state index in [1.165, 1.54) is 6.33 Å². The summed E-state index contributed by atoms with van der Waals surface area (Å²) in [6.45, 7) is 1.07. The van der Waals surface area contributed by atoms with E-state index in [0.29, 0.717) is 58.4 Å². The highest BCUT2D eigenvalue weighted by atomic mass is 35.5. The van der Waals surface area contributed by atoms with Gasteiger partial charge in [0.15, 0.2) is 0 Å². The fourth-order valence-corrected chi connectivity index (χ4v) is 3.76. The molecule has 0 atom stereocenters. The number of fused-ring (bicyclic) bond motifs is 1. The molecule has 4 rings (SSSR count). The maximum Gasteiger partial charge on any atom is 0.411 e. The largest absolute Gasteiger partial charge is 0.492 e. The van der Waals surface area contributed by atoms with Crippen molar-refractivity contribution in [3.63, 3.8) is 0 Å². The molecule has 0 radical (unpaired) electrons. The van der Waals surface area contributed by atoms with E-state index in [1.54, 1.807) is 41.0 Å². The highest BCUT2D eigenvalue weighted by Crippen LogP contribution is 2.27. The quantitative estimate of drug-likeness (QED) is 0.266. The van der Waals surface area contributed by atoms with Crippen LogP contribution in [-0.4, -0.2) is 22.3 Å². The average Bonchev–Trinajstić information content (AvgIpc) is 2.87. The zero-order chi connectivity index (χ0) is 24.6. The minimum absolute atomic E-state index is 0.155. The lowest BCUT2D eigenvalue weighted by atomic mass is 10.2. The second kappa shape index (κ2) is 11.7. The van der Waals surface area contributed by atoms with Gasteiger partial charge >= 0.3 is 6.09 Å². The Kier molecular flexibility index (Phi) is 8.23. The van der Waals surface area contributed by atoms with E-state index >= 15 is 0 Å². The molecular formula is C26H23Cl2N3O4. The number of hydrogen-bond donors (Lipinski definition) is 1. The van der Waals surface area contributed by atoms with Crippen LogP contribution in [0.5, 0.6) is 5.75 Å². The van der Waals surface area contributed by atoms with Crippen LogP contribution in [-0.2, 0) is 17.9 Å². The van der Waals surface area contributed by atoms with Crippen molar-refractivity contribution in [1.29, 1.82) is 0 Å². The molecule has 7 nitrogen and oxygen atoms in total. The van der Waals surface area contributed by atoms with Crippen LogP contribution in [0, 0.1) is 0 Å². The molecule has 4 aromatic rings. The molecule has 0 fully saturated rings. The van der Waals surface area contributed by atoms with Crippen LogP contribution in [0.25, 0.3) is 10.9 Å². The predicted molar refractivity (Wildman–Crippen MR) is 137 cm³/mol. The Morgan fingerprint density at radius 3 is 2.66 bits per heavy atom. The number of rotatable bonds is 9. The van der Waals surface area contributed by atoms with E-state index in [2.05, 4.69) is 10.3 Å². The number of hydrogen-bond acceptors (Lipinski definition) is 5. The number of benzene rings is 3. The number of aromatic nitrogens is 2. The van der Waals surface area contributed by atoms with Gasteiger partial charge in [0.25, 0.3) is 5.56 Å². The summed E-state index contributed by atoms with van der Waals surface area (Å²) in [6.07, 6.45) is 2.34. The summed E-state index contributed by atoms with van der Waals surface area (Å²) in [6, 6.07) is 19.4. The van der Waals surface area contributed by atoms with E-state index in [4.69, 9.17) is 32.7 Å². The van der Waals surface area contributed by atoms with E-state index in [1.807, 2.05) is 30.3 Å². The molecule has 0 aliphatic heterocycles. The van der Waals surface area contributed by atoms with Crippen LogP contribution >= 0.6 is 23.2 Å². The number of unbranched alkanes of at least 4 members (excludes halogenated alkanes) is 1. The standard InChI is InChI=1S/C26H23Cl2N3O4/c27-19-8-10-22(28)24(14-19)34-13-5-4-12-31-17-29-23-11-9-20(15-21(23)25(31)32)30-26(33)35-16-18-6-2-1-3-7-18/h1-3,6-11,14-15,17H,4-5,12-13,16H2,(H,30,33). The number of nitrogens with one attached hydrogen (secondary N) is 1. The number of ether oxygens (including phenoxy) is 2. The SMILES string of the molecule is O=C(Nc1ccc2ncn(CCCCOc3cc(Cl)ccc3Cl)c(=O)c2c1)OCc1ccccc1. The van der Waals surface area contributed by atoms with Crippen molar-refractivity contribution >= 4 is 45.9 Å². The molecule has 1 aromatic heterocycles. The second-order valence-electron chi connectivity index (χ2n) is 7.79. The van der Waals surface area contributed by atoms with Gasteiger partial charge in [-0.1, -0.05) is 53.5 Å². The molecule has 0 aliphatic rings. The summed E-state index contributed by atoms with van der Waals surface area (Å²) in [5, 5.41) is 4.12. The van der Waals surface area contributed by atoms with Crippen molar-refractivity contribution in [3.05, 3.63) is 99.0 Å². The van der Waals surface area contributed by atoms with Crippen molar-refractivity contribution in [2.75, 3.05) is 11.9 Å². The molecule has 9 heteroatoms. The van der Waals surface area contributed by atoms with E-state index < -0.39 is 6.09 Å². The van der Waals surface area contributed by atoms with Crippen molar-refractivity contribution in [2.24, 2.45) is 0 Å². The van der Waals surface area contributed by atoms with Crippen LogP contribution in [0.3, 0.4) is 0 Å². The normalized spacial score (nSPS) is 10.8. The Labute approximate surface area is 212 Å². The van der Waals surface area contributed by atoms with Crippen LogP contribution in [0.15, 0.2) is 77.9 Å². The molecule has 1 amide bonds. The molecule has 1 N–H and O–H groups in total. The van der Waals surface area contributed by atoms with E-state index in [0.717, 1.165) is 5.56 Å². The number of nitrogens with zero attached hydrogens (tertiary/aromatic N) is 2. The number of amides is 1. The molecule has 0 saturated heterocycles. The molecule has 0 unspecified atom stereocenters.